The summed E-state index contributed by atoms with van der Waals surface area (Å²) in [5, 5.41) is 10.2. The molecule has 3 heteroatoms. The summed E-state index contributed by atoms with van der Waals surface area (Å²) >= 11 is 3.44. The highest BCUT2D eigenvalue weighted by Gasteiger charge is 2.11. The van der Waals surface area contributed by atoms with Crippen molar-refractivity contribution < 1.29 is 9.50 Å². The van der Waals surface area contributed by atoms with Gasteiger partial charge in [0.05, 0.1) is 6.10 Å². The summed E-state index contributed by atoms with van der Waals surface area (Å²) in [5.74, 6) is -0.309. The Morgan fingerprint density at radius 3 is 2.61 bits per heavy atom. The van der Waals surface area contributed by atoms with E-state index in [9.17, 15) is 9.50 Å². The van der Waals surface area contributed by atoms with Crippen LogP contribution in [0.25, 0.3) is 0 Å². The third-order valence-corrected chi connectivity index (χ3v) is 3.59. The Balaban J connectivity index is 2.22. The summed E-state index contributed by atoms with van der Waals surface area (Å²) in [6, 6.07) is 12.4. The highest BCUT2D eigenvalue weighted by molar-refractivity contribution is 9.10. The molecule has 0 bridgehead atoms. The lowest BCUT2D eigenvalue weighted by molar-refractivity contribution is 0.177. The van der Waals surface area contributed by atoms with Crippen molar-refractivity contribution in [3.63, 3.8) is 0 Å². The van der Waals surface area contributed by atoms with Gasteiger partial charge in [-0.15, -0.1) is 0 Å². The fourth-order valence-corrected chi connectivity index (χ4v) is 2.39. The molecule has 0 aliphatic rings. The smallest absolute Gasteiger partial charge is 0.123 e. The number of aryl methyl sites for hydroxylation is 1. The van der Waals surface area contributed by atoms with Crippen molar-refractivity contribution in [3.05, 3.63) is 69.4 Å². The topological polar surface area (TPSA) is 20.2 Å². The molecule has 0 radical (unpaired) electrons. The molecule has 0 aliphatic carbocycles. The Bertz CT molecular complexity index is 534. The minimum atomic E-state index is -0.696. The molecule has 0 aliphatic heterocycles. The molecule has 1 nitrogen and oxygen atoms in total. The van der Waals surface area contributed by atoms with Crippen LogP contribution in [-0.2, 0) is 6.42 Å². The summed E-state index contributed by atoms with van der Waals surface area (Å²) < 4.78 is 14.2. The summed E-state index contributed by atoms with van der Waals surface area (Å²) in [7, 11) is 0. The SMILES string of the molecule is Cc1cc(F)cc(C(O)Cc2ccccc2Br)c1. The van der Waals surface area contributed by atoms with Crippen LogP contribution in [0.5, 0.6) is 0 Å². The molecule has 0 heterocycles. The molecule has 2 aromatic carbocycles. The van der Waals surface area contributed by atoms with Gasteiger partial charge in [0.15, 0.2) is 0 Å². The molecule has 94 valence electrons. The van der Waals surface area contributed by atoms with Gasteiger partial charge in [0.1, 0.15) is 5.82 Å². The van der Waals surface area contributed by atoms with Gasteiger partial charge in [-0.05, 0) is 41.8 Å². The molecule has 0 aromatic heterocycles. The summed E-state index contributed by atoms with van der Waals surface area (Å²) in [6.45, 7) is 1.82. The number of aliphatic hydroxyl groups is 1. The third-order valence-electron chi connectivity index (χ3n) is 2.82. The van der Waals surface area contributed by atoms with Gasteiger partial charge in [-0.3, -0.25) is 0 Å². The molecule has 0 amide bonds. The fraction of sp³-hybridized carbons (Fsp3) is 0.200. The first-order valence-corrected chi connectivity index (χ1v) is 6.54. The Kier molecular flexibility index (Phi) is 4.15. The van der Waals surface area contributed by atoms with Crippen molar-refractivity contribution in [1.29, 1.82) is 0 Å². The lowest BCUT2D eigenvalue weighted by Crippen LogP contribution is -2.03. The molecule has 0 saturated heterocycles. The highest BCUT2D eigenvalue weighted by atomic mass is 79.9. The normalized spacial score (nSPS) is 12.4. The first kappa shape index (κ1) is 13.2. The molecular weight excluding hydrogens is 295 g/mol. The second kappa shape index (κ2) is 5.63. The van der Waals surface area contributed by atoms with Crippen LogP contribution in [0.3, 0.4) is 0 Å². The molecule has 0 spiro atoms. The molecule has 1 unspecified atom stereocenters. The number of halogens is 2. The predicted octanol–water partition coefficient (Wildman–Crippen LogP) is 4.17. The van der Waals surface area contributed by atoms with E-state index in [1.807, 2.05) is 37.3 Å². The average molecular weight is 309 g/mol. The second-order valence-electron chi connectivity index (χ2n) is 4.37. The van der Waals surface area contributed by atoms with Crippen molar-refractivity contribution in [2.75, 3.05) is 0 Å². The lowest BCUT2D eigenvalue weighted by Gasteiger charge is -2.13. The zero-order valence-corrected chi connectivity index (χ0v) is 11.6. The molecule has 0 fully saturated rings. The number of hydrogen-bond donors (Lipinski definition) is 1. The minimum Gasteiger partial charge on any atom is -0.388 e. The standard InChI is InChI=1S/C15H14BrFO/c1-10-6-12(8-13(17)7-10)15(18)9-11-4-2-3-5-14(11)16/h2-8,15,18H,9H2,1H3. The lowest BCUT2D eigenvalue weighted by atomic mass is 10.00. The van der Waals surface area contributed by atoms with E-state index in [1.165, 1.54) is 12.1 Å². The monoisotopic (exact) mass is 308 g/mol. The van der Waals surface area contributed by atoms with Gasteiger partial charge in [0.25, 0.3) is 0 Å². The van der Waals surface area contributed by atoms with Gasteiger partial charge >= 0.3 is 0 Å². The van der Waals surface area contributed by atoms with Crippen LogP contribution < -0.4 is 0 Å². The first-order chi connectivity index (χ1) is 8.56. The molecule has 18 heavy (non-hydrogen) atoms. The van der Waals surface area contributed by atoms with E-state index in [0.717, 1.165) is 15.6 Å². The summed E-state index contributed by atoms with van der Waals surface area (Å²) in [4.78, 5) is 0. The Morgan fingerprint density at radius 1 is 1.22 bits per heavy atom. The van der Waals surface area contributed by atoms with Gasteiger partial charge in [0, 0.05) is 10.9 Å². The van der Waals surface area contributed by atoms with Crippen molar-refractivity contribution in [3.8, 4) is 0 Å². The van der Waals surface area contributed by atoms with E-state index in [4.69, 9.17) is 0 Å². The summed E-state index contributed by atoms with van der Waals surface area (Å²) in [5.41, 5.74) is 2.44. The van der Waals surface area contributed by atoms with Gasteiger partial charge in [-0.25, -0.2) is 4.39 Å². The molecule has 0 saturated carbocycles. The maximum Gasteiger partial charge on any atom is 0.123 e. The van der Waals surface area contributed by atoms with Crippen molar-refractivity contribution in [2.45, 2.75) is 19.4 Å². The minimum absolute atomic E-state index is 0.309. The van der Waals surface area contributed by atoms with Crippen LogP contribution in [0.2, 0.25) is 0 Å². The van der Waals surface area contributed by atoms with E-state index in [2.05, 4.69) is 15.9 Å². The van der Waals surface area contributed by atoms with Crippen LogP contribution in [0, 0.1) is 12.7 Å². The maximum absolute atomic E-state index is 13.3. The highest BCUT2D eigenvalue weighted by Crippen LogP contribution is 2.24. The Morgan fingerprint density at radius 2 is 1.94 bits per heavy atom. The van der Waals surface area contributed by atoms with E-state index in [0.29, 0.717) is 12.0 Å². The first-order valence-electron chi connectivity index (χ1n) is 5.75. The number of hydrogen-bond acceptors (Lipinski definition) is 1. The average Bonchev–Trinajstić information content (AvgIpc) is 2.31. The van der Waals surface area contributed by atoms with Gasteiger partial charge in [-0.2, -0.15) is 0 Å². The zero-order chi connectivity index (χ0) is 13.1. The van der Waals surface area contributed by atoms with E-state index >= 15 is 0 Å². The van der Waals surface area contributed by atoms with Crippen molar-refractivity contribution in [2.24, 2.45) is 0 Å². The number of benzene rings is 2. The van der Waals surface area contributed by atoms with Crippen LogP contribution in [0.15, 0.2) is 46.9 Å². The van der Waals surface area contributed by atoms with Gasteiger partial charge in [0.2, 0.25) is 0 Å². The molecule has 2 aromatic rings. The summed E-state index contributed by atoms with van der Waals surface area (Å²) in [6.07, 6.45) is -0.234. The van der Waals surface area contributed by atoms with Gasteiger partial charge in [-0.1, -0.05) is 40.2 Å². The maximum atomic E-state index is 13.3. The predicted molar refractivity (Wildman–Crippen MR) is 73.9 cm³/mol. The quantitative estimate of drug-likeness (QED) is 0.902. The van der Waals surface area contributed by atoms with Crippen LogP contribution in [-0.4, -0.2) is 5.11 Å². The fourth-order valence-electron chi connectivity index (χ4n) is 1.95. The molecular formula is C15H14BrFO. The van der Waals surface area contributed by atoms with E-state index in [1.54, 1.807) is 0 Å². The van der Waals surface area contributed by atoms with Gasteiger partial charge < -0.3 is 5.11 Å². The second-order valence-corrected chi connectivity index (χ2v) is 5.23. The van der Waals surface area contributed by atoms with E-state index < -0.39 is 6.10 Å². The van der Waals surface area contributed by atoms with Crippen LogP contribution >= 0.6 is 15.9 Å². The van der Waals surface area contributed by atoms with Crippen molar-refractivity contribution >= 4 is 15.9 Å². The van der Waals surface area contributed by atoms with Crippen LogP contribution in [0.4, 0.5) is 4.39 Å². The molecule has 1 N–H and O–H groups in total. The van der Waals surface area contributed by atoms with Crippen molar-refractivity contribution in [1.82, 2.24) is 0 Å². The number of rotatable bonds is 3. The van der Waals surface area contributed by atoms with Crippen LogP contribution in [0.1, 0.15) is 22.8 Å². The largest absolute Gasteiger partial charge is 0.388 e. The Hall–Kier alpha value is -1.19. The molecule has 1 atom stereocenters. The van der Waals surface area contributed by atoms with E-state index in [-0.39, 0.29) is 5.82 Å². The zero-order valence-electron chi connectivity index (χ0n) is 10.0. The Labute approximate surface area is 114 Å². The molecule has 2 rings (SSSR count). The number of aliphatic hydroxyl groups excluding tert-OH is 1. The third kappa shape index (κ3) is 3.18.